The minimum atomic E-state index is -0.683. The van der Waals surface area contributed by atoms with Crippen LogP contribution in [0.15, 0.2) is 58.3 Å². The van der Waals surface area contributed by atoms with Gasteiger partial charge in [0.25, 0.3) is 5.56 Å². The molecule has 41 heavy (non-hydrogen) atoms. The van der Waals surface area contributed by atoms with Crippen molar-refractivity contribution in [3.63, 3.8) is 0 Å². The molecule has 5 rings (SSSR count). The third-order valence-electron chi connectivity index (χ3n) is 8.26. The van der Waals surface area contributed by atoms with Crippen LogP contribution in [0.3, 0.4) is 0 Å². The molecule has 1 saturated heterocycles. The molecule has 2 aliphatic heterocycles. The van der Waals surface area contributed by atoms with Gasteiger partial charge in [-0.25, -0.2) is 9.18 Å². The third-order valence-corrected chi connectivity index (χ3v) is 8.65. The van der Waals surface area contributed by atoms with Gasteiger partial charge in [0.1, 0.15) is 12.4 Å². The van der Waals surface area contributed by atoms with Crippen molar-refractivity contribution in [3.05, 3.63) is 91.5 Å². The van der Waals surface area contributed by atoms with Gasteiger partial charge >= 0.3 is 5.69 Å². The zero-order valence-electron chi connectivity index (χ0n) is 23.5. The summed E-state index contributed by atoms with van der Waals surface area (Å²) in [7, 11) is 0. The molecule has 0 spiro atoms. The van der Waals surface area contributed by atoms with Gasteiger partial charge in [-0.05, 0) is 57.2 Å². The molecule has 3 heterocycles. The smallest absolute Gasteiger partial charge is 0.331 e. The van der Waals surface area contributed by atoms with E-state index in [2.05, 4.69) is 6.07 Å². The maximum absolute atomic E-state index is 14.2. The molecule has 0 radical (unpaired) electrons. The van der Waals surface area contributed by atoms with Crippen LogP contribution in [0.1, 0.15) is 50.8 Å². The molecule has 10 heteroatoms. The van der Waals surface area contributed by atoms with Gasteiger partial charge < -0.3 is 9.80 Å². The average molecular weight is 581 g/mol. The van der Waals surface area contributed by atoms with Crippen LogP contribution in [0, 0.1) is 5.82 Å². The van der Waals surface area contributed by atoms with E-state index < -0.39 is 23.1 Å². The fourth-order valence-corrected chi connectivity index (χ4v) is 6.34. The lowest BCUT2D eigenvalue weighted by atomic mass is 9.96. The highest BCUT2D eigenvalue weighted by atomic mass is 35.5. The van der Waals surface area contributed by atoms with Gasteiger partial charge in [-0.3, -0.25) is 23.5 Å². The molecule has 216 valence electrons. The Morgan fingerprint density at radius 1 is 1.02 bits per heavy atom. The summed E-state index contributed by atoms with van der Waals surface area (Å²) < 4.78 is 16.5. The van der Waals surface area contributed by atoms with E-state index in [0.717, 1.165) is 16.6 Å². The number of hydrogen-bond acceptors (Lipinski definition) is 4. The standard InChI is InChI=1S/C31H34ClFN4O4/c1-19(2)37-30(40)25(24-9-6-10-26(33)29(24)32)17-34(31(37)41)18-28(39)35-14-12-23(15-20(35)3)36-13-11-21-7-4-5-8-22(21)16-27(36)38/h4-10,17,19-20,23H,11-16,18H2,1-3H3/t20-,23?/m0/s1. The van der Waals surface area contributed by atoms with Gasteiger partial charge in [-0.2, -0.15) is 0 Å². The maximum Gasteiger partial charge on any atom is 0.331 e. The molecule has 2 amide bonds. The Balaban J connectivity index is 1.35. The van der Waals surface area contributed by atoms with E-state index >= 15 is 0 Å². The minimum Gasteiger partial charge on any atom is -0.339 e. The van der Waals surface area contributed by atoms with Crippen LogP contribution in [0.4, 0.5) is 4.39 Å². The highest BCUT2D eigenvalue weighted by Gasteiger charge is 2.35. The molecule has 0 saturated carbocycles. The number of carbonyl (C=O) groups excluding carboxylic acids is 2. The van der Waals surface area contributed by atoms with Crippen LogP contribution in [0.5, 0.6) is 0 Å². The van der Waals surface area contributed by atoms with E-state index in [1.165, 1.54) is 34.5 Å². The fraction of sp³-hybridized carbons (Fsp3) is 0.419. The Hall–Kier alpha value is -3.72. The summed E-state index contributed by atoms with van der Waals surface area (Å²) in [6.07, 6.45) is 3.77. The number of amides is 2. The lowest BCUT2D eigenvalue weighted by molar-refractivity contribution is -0.138. The van der Waals surface area contributed by atoms with Crippen molar-refractivity contribution in [1.82, 2.24) is 18.9 Å². The molecule has 3 aromatic rings. The third kappa shape index (κ3) is 5.60. The predicted molar refractivity (Wildman–Crippen MR) is 156 cm³/mol. The van der Waals surface area contributed by atoms with E-state index in [0.29, 0.717) is 32.4 Å². The molecule has 1 unspecified atom stereocenters. The summed E-state index contributed by atoms with van der Waals surface area (Å²) in [5.41, 5.74) is 1.27. The van der Waals surface area contributed by atoms with Crippen LogP contribution in [0.2, 0.25) is 5.02 Å². The molecule has 8 nitrogen and oxygen atoms in total. The number of benzene rings is 2. The Labute approximate surface area is 243 Å². The zero-order chi connectivity index (χ0) is 29.4. The number of rotatable bonds is 5. The SMILES string of the molecule is CC(C)n1c(=O)c(-c2cccc(F)c2Cl)cn(CC(=O)N2CCC(N3CCc4ccccc4CC3=O)C[C@@H]2C)c1=O. The summed E-state index contributed by atoms with van der Waals surface area (Å²) in [5, 5.41) is -0.224. The molecule has 1 aromatic heterocycles. The number of fused-ring (bicyclic) bond motifs is 1. The first-order valence-corrected chi connectivity index (χ1v) is 14.4. The first-order valence-electron chi connectivity index (χ1n) is 14.0. The second-order valence-electron chi connectivity index (χ2n) is 11.2. The number of carbonyl (C=O) groups is 2. The average Bonchev–Trinajstić information content (AvgIpc) is 3.09. The Kier molecular flexibility index (Phi) is 8.18. The molecule has 0 N–H and O–H groups in total. The van der Waals surface area contributed by atoms with E-state index in [1.54, 1.807) is 18.7 Å². The number of hydrogen-bond donors (Lipinski definition) is 0. The van der Waals surface area contributed by atoms with Crippen molar-refractivity contribution in [2.45, 2.75) is 71.1 Å². The second-order valence-corrected chi connectivity index (χ2v) is 11.6. The number of aromatic nitrogens is 2. The van der Waals surface area contributed by atoms with Crippen LogP contribution >= 0.6 is 11.6 Å². The van der Waals surface area contributed by atoms with E-state index in [9.17, 15) is 23.6 Å². The van der Waals surface area contributed by atoms with Gasteiger partial charge in [0, 0.05) is 43.0 Å². The van der Waals surface area contributed by atoms with Crippen molar-refractivity contribution in [2.75, 3.05) is 13.1 Å². The number of likely N-dealkylation sites (tertiary alicyclic amines) is 1. The van der Waals surface area contributed by atoms with E-state index in [4.69, 9.17) is 11.6 Å². The zero-order valence-corrected chi connectivity index (χ0v) is 24.2. The molecule has 2 aromatic carbocycles. The van der Waals surface area contributed by atoms with E-state index in [1.807, 2.05) is 30.0 Å². The lowest BCUT2D eigenvalue weighted by Gasteiger charge is -2.42. The number of nitrogens with zero attached hydrogens (tertiary/aromatic N) is 4. The quantitative estimate of drug-likeness (QED) is 0.456. The summed E-state index contributed by atoms with van der Waals surface area (Å²) >= 11 is 6.18. The van der Waals surface area contributed by atoms with Crippen molar-refractivity contribution in [1.29, 1.82) is 0 Å². The second kappa shape index (κ2) is 11.6. The van der Waals surface area contributed by atoms with Crippen LogP contribution in [0.25, 0.3) is 11.1 Å². The van der Waals surface area contributed by atoms with E-state index in [-0.39, 0.29) is 46.6 Å². The molecular weight excluding hydrogens is 547 g/mol. The molecule has 0 bridgehead atoms. The molecule has 0 aliphatic carbocycles. The summed E-state index contributed by atoms with van der Waals surface area (Å²) in [6.45, 7) is 6.17. The Morgan fingerprint density at radius 2 is 1.76 bits per heavy atom. The maximum atomic E-state index is 14.2. The first-order chi connectivity index (χ1) is 19.6. The minimum absolute atomic E-state index is 0.0307. The Morgan fingerprint density at radius 3 is 2.46 bits per heavy atom. The molecule has 2 aliphatic rings. The number of halogens is 2. The van der Waals surface area contributed by atoms with Crippen LogP contribution in [-0.2, 0) is 29.0 Å². The van der Waals surface area contributed by atoms with Crippen molar-refractivity contribution < 1.29 is 14.0 Å². The van der Waals surface area contributed by atoms with Crippen molar-refractivity contribution >= 4 is 23.4 Å². The topological polar surface area (TPSA) is 84.6 Å². The van der Waals surface area contributed by atoms with Crippen LogP contribution in [-0.4, -0.2) is 55.9 Å². The van der Waals surface area contributed by atoms with Gasteiger partial charge in [0.2, 0.25) is 11.8 Å². The summed E-state index contributed by atoms with van der Waals surface area (Å²) in [4.78, 5) is 56.9. The predicted octanol–water partition coefficient (Wildman–Crippen LogP) is 4.06. The monoisotopic (exact) mass is 580 g/mol. The van der Waals surface area contributed by atoms with Gasteiger partial charge in [0.15, 0.2) is 0 Å². The normalized spacial score (nSPS) is 19.3. The Bertz CT molecular complexity index is 1610. The highest BCUT2D eigenvalue weighted by molar-refractivity contribution is 6.33. The summed E-state index contributed by atoms with van der Waals surface area (Å²) in [6, 6.07) is 11.6. The lowest BCUT2D eigenvalue weighted by Crippen LogP contribution is -2.54. The number of piperidine rings is 1. The summed E-state index contributed by atoms with van der Waals surface area (Å²) in [5.74, 6) is -0.840. The molecule has 1 fully saturated rings. The largest absolute Gasteiger partial charge is 0.339 e. The molecular formula is C31H34ClFN4O4. The van der Waals surface area contributed by atoms with Crippen molar-refractivity contribution in [3.8, 4) is 11.1 Å². The van der Waals surface area contributed by atoms with Crippen LogP contribution < -0.4 is 11.2 Å². The van der Waals surface area contributed by atoms with Gasteiger partial charge in [-0.15, -0.1) is 0 Å². The van der Waals surface area contributed by atoms with Gasteiger partial charge in [0.05, 0.1) is 17.0 Å². The molecule has 2 atom stereocenters. The van der Waals surface area contributed by atoms with Crippen molar-refractivity contribution in [2.24, 2.45) is 0 Å². The highest BCUT2D eigenvalue weighted by Crippen LogP contribution is 2.28. The first kappa shape index (κ1) is 28.8. The van der Waals surface area contributed by atoms with Gasteiger partial charge in [-0.1, -0.05) is 48.0 Å². The fourth-order valence-electron chi connectivity index (χ4n) is 6.11.